The van der Waals surface area contributed by atoms with Gasteiger partial charge in [0.1, 0.15) is 5.75 Å². The van der Waals surface area contributed by atoms with Gasteiger partial charge in [-0.05, 0) is 30.3 Å². The summed E-state index contributed by atoms with van der Waals surface area (Å²) in [4.78, 5) is 0. The lowest BCUT2D eigenvalue weighted by Gasteiger charge is -2.15. The highest BCUT2D eigenvalue weighted by Gasteiger charge is 2.22. The van der Waals surface area contributed by atoms with Crippen LogP contribution in [0.1, 0.15) is 11.1 Å². The van der Waals surface area contributed by atoms with Crippen LogP contribution in [0.3, 0.4) is 0 Å². The van der Waals surface area contributed by atoms with Crippen molar-refractivity contribution >= 4 is 17.5 Å². The lowest BCUT2D eigenvalue weighted by atomic mass is 10.1. The molecule has 2 heterocycles. The number of aromatic nitrogens is 3. The van der Waals surface area contributed by atoms with Crippen molar-refractivity contribution in [2.45, 2.75) is 11.7 Å². The fourth-order valence-electron chi connectivity index (χ4n) is 2.89. The van der Waals surface area contributed by atoms with Crippen LogP contribution in [0.25, 0.3) is 11.4 Å². The molecule has 0 unspecified atom stereocenters. The molecule has 4 rings (SSSR count). The first-order chi connectivity index (χ1) is 12.8. The lowest BCUT2D eigenvalue weighted by molar-refractivity contribution is 0.416. The van der Waals surface area contributed by atoms with Gasteiger partial charge in [-0.1, -0.05) is 48.2 Å². The molecule has 2 aromatic carbocycles. The van der Waals surface area contributed by atoms with Crippen molar-refractivity contribution in [2.24, 2.45) is 5.10 Å². The van der Waals surface area contributed by atoms with E-state index in [0.717, 1.165) is 40.0 Å². The van der Waals surface area contributed by atoms with Crippen LogP contribution < -0.4 is 10.1 Å². The fraction of sp³-hybridized carbons (Fsp3) is 0.211. The van der Waals surface area contributed by atoms with E-state index < -0.39 is 0 Å². The van der Waals surface area contributed by atoms with E-state index >= 15 is 0 Å². The molecule has 0 radical (unpaired) electrons. The Kier molecular flexibility index (Phi) is 4.73. The van der Waals surface area contributed by atoms with Gasteiger partial charge >= 0.3 is 0 Å². The zero-order valence-electron chi connectivity index (χ0n) is 14.6. The number of rotatable bonds is 5. The number of thioether (sulfide) groups is 1. The molecule has 6 nitrogen and oxygen atoms in total. The number of nitrogens with zero attached hydrogens (tertiary/aromatic N) is 4. The molecule has 3 aromatic rings. The number of hydrogen-bond acceptors (Lipinski definition) is 6. The Morgan fingerprint density at radius 3 is 2.69 bits per heavy atom. The summed E-state index contributed by atoms with van der Waals surface area (Å²) in [5.74, 6) is 2.22. The highest BCUT2D eigenvalue weighted by molar-refractivity contribution is 7.99. The number of benzene rings is 2. The van der Waals surface area contributed by atoms with Gasteiger partial charge in [-0.2, -0.15) is 9.78 Å². The van der Waals surface area contributed by atoms with E-state index in [1.807, 2.05) is 36.0 Å². The van der Waals surface area contributed by atoms with E-state index in [0.29, 0.717) is 5.82 Å². The van der Waals surface area contributed by atoms with Crippen molar-refractivity contribution in [3.05, 3.63) is 59.7 Å². The van der Waals surface area contributed by atoms with Gasteiger partial charge in [-0.3, -0.25) is 0 Å². The Bertz CT molecular complexity index is 949. The Labute approximate surface area is 156 Å². The normalized spacial score (nSPS) is 13.2. The summed E-state index contributed by atoms with van der Waals surface area (Å²) in [5.41, 5.74) is 4.25. The molecule has 7 heteroatoms. The number of methoxy groups -OCH3 is 1. The number of nitrogens with one attached hydrogen (secondary N) is 1. The number of fused-ring (bicyclic) bond motifs is 1. The zero-order valence-corrected chi connectivity index (χ0v) is 15.5. The first kappa shape index (κ1) is 16.8. The highest BCUT2D eigenvalue weighted by Crippen LogP contribution is 2.32. The summed E-state index contributed by atoms with van der Waals surface area (Å²) >= 11 is 1.64. The van der Waals surface area contributed by atoms with E-state index in [-0.39, 0.29) is 0 Å². The summed E-state index contributed by atoms with van der Waals surface area (Å²) in [6, 6.07) is 16.3. The Balaban J connectivity index is 1.73. The summed E-state index contributed by atoms with van der Waals surface area (Å²) in [6.07, 6.45) is 0. The third-order valence-electron chi connectivity index (χ3n) is 4.19. The average Bonchev–Trinajstić information content (AvgIpc) is 3.12. The molecule has 0 fully saturated rings. The van der Waals surface area contributed by atoms with Gasteiger partial charge in [0.15, 0.2) is 5.82 Å². The van der Waals surface area contributed by atoms with Crippen molar-refractivity contribution in [1.29, 1.82) is 0 Å². The Morgan fingerprint density at radius 1 is 1.12 bits per heavy atom. The molecular formula is C19H19N5OS. The van der Waals surface area contributed by atoms with Crippen LogP contribution in [-0.4, -0.2) is 40.5 Å². The second-order valence-electron chi connectivity index (χ2n) is 5.88. The standard InChI is InChI=1S/C19H19N5OS/c1-20-11-13-7-9-14(10-8-13)16-12-26-19-22-21-18(24(19)23-16)15-5-3-4-6-17(15)25-2/h3-10,20H,11-12H2,1-2H3. The van der Waals surface area contributed by atoms with E-state index in [9.17, 15) is 0 Å². The summed E-state index contributed by atoms with van der Waals surface area (Å²) in [5, 5.41) is 17.4. The van der Waals surface area contributed by atoms with Crippen molar-refractivity contribution in [2.75, 3.05) is 19.9 Å². The van der Waals surface area contributed by atoms with Gasteiger partial charge in [-0.15, -0.1) is 10.2 Å². The SMILES string of the molecule is CNCc1ccc(C2=Nn3c(nnc3-c3ccccc3OC)SC2)cc1. The minimum absolute atomic E-state index is 0.689. The second-order valence-corrected chi connectivity index (χ2v) is 6.82. The van der Waals surface area contributed by atoms with Gasteiger partial charge in [0, 0.05) is 12.3 Å². The van der Waals surface area contributed by atoms with E-state index in [1.54, 1.807) is 18.9 Å². The van der Waals surface area contributed by atoms with Crippen molar-refractivity contribution < 1.29 is 4.74 Å². The first-order valence-electron chi connectivity index (χ1n) is 8.33. The molecule has 0 saturated carbocycles. The van der Waals surface area contributed by atoms with E-state index in [1.165, 1.54) is 5.56 Å². The molecule has 0 bridgehead atoms. The Hall–Kier alpha value is -2.64. The van der Waals surface area contributed by atoms with Crippen LogP contribution in [0.5, 0.6) is 5.75 Å². The van der Waals surface area contributed by atoms with Crippen LogP contribution >= 0.6 is 11.8 Å². The minimum atomic E-state index is 0.689. The first-order valence-corrected chi connectivity index (χ1v) is 9.32. The third kappa shape index (κ3) is 3.11. The third-order valence-corrected chi connectivity index (χ3v) is 5.12. The molecule has 132 valence electrons. The van der Waals surface area contributed by atoms with E-state index in [2.05, 4.69) is 39.8 Å². The molecule has 0 atom stereocenters. The number of para-hydroxylation sites is 1. The van der Waals surface area contributed by atoms with Crippen molar-refractivity contribution in [1.82, 2.24) is 20.2 Å². The molecule has 1 aromatic heterocycles. The van der Waals surface area contributed by atoms with Crippen LogP contribution in [-0.2, 0) is 6.54 Å². The molecule has 1 N–H and O–H groups in total. The van der Waals surface area contributed by atoms with Gasteiger partial charge in [0.25, 0.3) is 0 Å². The molecular weight excluding hydrogens is 346 g/mol. The molecule has 0 amide bonds. The van der Waals surface area contributed by atoms with Gasteiger partial charge < -0.3 is 10.1 Å². The maximum absolute atomic E-state index is 5.47. The van der Waals surface area contributed by atoms with Gasteiger partial charge in [0.2, 0.25) is 5.16 Å². The van der Waals surface area contributed by atoms with Gasteiger partial charge in [0.05, 0.1) is 18.4 Å². The van der Waals surface area contributed by atoms with Crippen LogP contribution in [0.2, 0.25) is 0 Å². The van der Waals surface area contributed by atoms with E-state index in [4.69, 9.17) is 9.84 Å². The highest BCUT2D eigenvalue weighted by atomic mass is 32.2. The minimum Gasteiger partial charge on any atom is -0.496 e. The summed E-state index contributed by atoms with van der Waals surface area (Å²) in [6.45, 7) is 0.856. The zero-order chi connectivity index (χ0) is 17.9. The largest absolute Gasteiger partial charge is 0.496 e. The molecule has 0 aliphatic carbocycles. The number of ether oxygens (including phenoxy) is 1. The molecule has 0 saturated heterocycles. The van der Waals surface area contributed by atoms with Crippen LogP contribution in [0, 0.1) is 0 Å². The molecule has 26 heavy (non-hydrogen) atoms. The lowest BCUT2D eigenvalue weighted by Crippen LogP contribution is -2.14. The summed E-state index contributed by atoms with van der Waals surface area (Å²) in [7, 11) is 3.60. The molecule has 1 aliphatic heterocycles. The Morgan fingerprint density at radius 2 is 1.92 bits per heavy atom. The van der Waals surface area contributed by atoms with Crippen LogP contribution in [0.15, 0.2) is 58.8 Å². The summed E-state index contributed by atoms with van der Waals surface area (Å²) < 4.78 is 7.27. The van der Waals surface area contributed by atoms with Gasteiger partial charge in [-0.25, -0.2) is 0 Å². The van der Waals surface area contributed by atoms with Crippen molar-refractivity contribution in [3.63, 3.8) is 0 Å². The quantitative estimate of drug-likeness (QED) is 0.753. The van der Waals surface area contributed by atoms with Crippen LogP contribution in [0.4, 0.5) is 0 Å². The number of hydrogen-bond donors (Lipinski definition) is 1. The fourth-order valence-corrected chi connectivity index (χ4v) is 3.72. The second kappa shape index (κ2) is 7.31. The molecule has 0 spiro atoms. The topological polar surface area (TPSA) is 64.3 Å². The smallest absolute Gasteiger partial charge is 0.212 e. The predicted octanol–water partition coefficient (Wildman–Crippen LogP) is 3.03. The van der Waals surface area contributed by atoms with Crippen molar-refractivity contribution in [3.8, 4) is 17.1 Å². The molecule has 1 aliphatic rings. The maximum Gasteiger partial charge on any atom is 0.212 e. The maximum atomic E-state index is 5.47. The monoisotopic (exact) mass is 365 g/mol. The predicted molar refractivity (Wildman–Crippen MR) is 104 cm³/mol. The average molecular weight is 365 g/mol.